The van der Waals surface area contributed by atoms with Gasteiger partial charge >= 0.3 is 6.18 Å². The number of rotatable bonds is 7. The lowest BCUT2D eigenvalue weighted by atomic mass is 10.1. The molecule has 0 saturated heterocycles. The van der Waals surface area contributed by atoms with Crippen molar-refractivity contribution in [1.29, 1.82) is 0 Å². The molecule has 4 N–H and O–H groups in total. The van der Waals surface area contributed by atoms with Gasteiger partial charge in [0.15, 0.2) is 5.82 Å². The summed E-state index contributed by atoms with van der Waals surface area (Å²) in [5, 5.41) is 4.39. The third-order valence-electron chi connectivity index (χ3n) is 5.07. The van der Waals surface area contributed by atoms with E-state index in [9.17, 15) is 31.9 Å². The molecular weight excluding hydrogens is 482 g/mol. The lowest BCUT2D eigenvalue weighted by Crippen LogP contribution is -2.35. The van der Waals surface area contributed by atoms with Gasteiger partial charge in [0.1, 0.15) is 23.6 Å². The molecule has 0 fully saturated rings. The molecule has 12 heteroatoms. The first-order valence-electron chi connectivity index (χ1n) is 10.8. The molecule has 0 unspecified atom stereocenters. The van der Waals surface area contributed by atoms with Crippen molar-refractivity contribution in [3.8, 4) is 0 Å². The summed E-state index contributed by atoms with van der Waals surface area (Å²) >= 11 is 0. The monoisotopic (exact) mass is 505 g/mol. The number of anilines is 3. The smallest absolute Gasteiger partial charge is 0.395 e. The van der Waals surface area contributed by atoms with Gasteiger partial charge in [-0.05, 0) is 36.6 Å². The Morgan fingerprint density at radius 3 is 2.36 bits per heavy atom. The Bertz CT molecular complexity index is 1340. The molecule has 8 nitrogen and oxygen atoms in total. The van der Waals surface area contributed by atoms with Crippen LogP contribution in [0.5, 0.6) is 0 Å². The lowest BCUT2D eigenvalue weighted by Gasteiger charge is -2.18. The van der Waals surface area contributed by atoms with Crippen LogP contribution in [0.1, 0.15) is 35.6 Å². The molecule has 2 heterocycles. The molecule has 0 spiro atoms. The van der Waals surface area contributed by atoms with E-state index in [1.54, 1.807) is 18.2 Å². The summed E-state index contributed by atoms with van der Waals surface area (Å²) in [6.07, 6.45) is -3.78. The van der Waals surface area contributed by atoms with E-state index in [-0.39, 0.29) is 21.7 Å². The molecule has 1 aromatic carbocycles. The molecule has 0 aliphatic rings. The predicted octanol–water partition coefficient (Wildman–Crippen LogP) is 4.07. The van der Waals surface area contributed by atoms with Crippen LogP contribution in [0, 0.1) is 11.7 Å². The number of carbonyl (C=O) groups is 2. The number of nitrogen functional groups attached to an aromatic ring is 1. The fourth-order valence-corrected chi connectivity index (χ4v) is 3.40. The maximum absolute atomic E-state index is 14.3. The fourth-order valence-electron chi connectivity index (χ4n) is 3.40. The number of nitrogens with two attached hydrogens (primary N) is 1. The quantitative estimate of drug-likeness (QED) is 0.418. The highest BCUT2D eigenvalue weighted by molar-refractivity contribution is 6.04. The van der Waals surface area contributed by atoms with Crippen LogP contribution in [-0.2, 0) is 23.9 Å². The van der Waals surface area contributed by atoms with Crippen LogP contribution in [0.4, 0.5) is 34.6 Å². The minimum absolute atomic E-state index is 0.107. The van der Waals surface area contributed by atoms with Crippen molar-refractivity contribution in [3.05, 3.63) is 81.8 Å². The summed E-state index contributed by atoms with van der Waals surface area (Å²) in [5.74, 6) is -2.75. The van der Waals surface area contributed by atoms with Gasteiger partial charge in [0.25, 0.3) is 11.5 Å². The first-order valence-corrected chi connectivity index (χ1v) is 10.8. The van der Waals surface area contributed by atoms with Crippen LogP contribution in [0.3, 0.4) is 0 Å². The van der Waals surface area contributed by atoms with Crippen molar-refractivity contribution in [3.63, 3.8) is 0 Å². The van der Waals surface area contributed by atoms with Crippen molar-refractivity contribution in [2.45, 2.75) is 33.0 Å². The first-order chi connectivity index (χ1) is 16.9. The van der Waals surface area contributed by atoms with Gasteiger partial charge in [0.2, 0.25) is 5.91 Å². The van der Waals surface area contributed by atoms with E-state index in [0.29, 0.717) is 18.2 Å². The molecule has 36 heavy (non-hydrogen) atoms. The minimum Gasteiger partial charge on any atom is -0.395 e. The maximum Gasteiger partial charge on any atom is 0.431 e. The maximum atomic E-state index is 14.3. The SMILES string of the molecule is CC(C)Cc1ncc(F)c(NC(=O)Cn2c(C(F)(F)F)ccc(NC(=O)c3ccccc3)c2=O)c1N. The normalized spacial score (nSPS) is 11.4. The van der Waals surface area contributed by atoms with Gasteiger partial charge in [0.05, 0.1) is 17.6 Å². The minimum atomic E-state index is -4.99. The topological polar surface area (TPSA) is 119 Å². The van der Waals surface area contributed by atoms with Gasteiger partial charge < -0.3 is 16.4 Å². The zero-order chi connectivity index (χ0) is 26.6. The number of carbonyl (C=O) groups excluding carboxylic acids is 2. The van der Waals surface area contributed by atoms with E-state index >= 15 is 0 Å². The van der Waals surface area contributed by atoms with E-state index in [0.717, 1.165) is 12.3 Å². The number of amides is 2. The largest absolute Gasteiger partial charge is 0.431 e. The van der Waals surface area contributed by atoms with Crippen LogP contribution >= 0.6 is 0 Å². The molecule has 3 rings (SSSR count). The summed E-state index contributed by atoms with van der Waals surface area (Å²) < 4.78 is 55.3. The Morgan fingerprint density at radius 1 is 1.08 bits per heavy atom. The van der Waals surface area contributed by atoms with E-state index in [2.05, 4.69) is 15.6 Å². The van der Waals surface area contributed by atoms with Gasteiger partial charge in [-0.3, -0.25) is 23.9 Å². The number of aromatic nitrogens is 2. The Hall–Kier alpha value is -4.22. The Morgan fingerprint density at radius 2 is 1.75 bits per heavy atom. The van der Waals surface area contributed by atoms with E-state index < -0.39 is 53.0 Å². The number of nitrogens with one attached hydrogen (secondary N) is 2. The number of hydrogen-bond donors (Lipinski definition) is 3. The van der Waals surface area contributed by atoms with Crippen molar-refractivity contribution >= 4 is 28.9 Å². The van der Waals surface area contributed by atoms with Gasteiger partial charge in [-0.15, -0.1) is 0 Å². The Kier molecular flexibility index (Phi) is 7.76. The zero-order valence-electron chi connectivity index (χ0n) is 19.3. The van der Waals surface area contributed by atoms with E-state index in [1.807, 2.05) is 13.8 Å². The van der Waals surface area contributed by atoms with Crippen LogP contribution in [-0.4, -0.2) is 21.4 Å². The molecule has 0 atom stereocenters. The first kappa shape index (κ1) is 26.4. The van der Waals surface area contributed by atoms with Crippen molar-refractivity contribution < 1.29 is 27.2 Å². The van der Waals surface area contributed by atoms with Crippen LogP contribution in [0.25, 0.3) is 0 Å². The zero-order valence-corrected chi connectivity index (χ0v) is 19.3. The van der Waals surface area contributed by atoms with Gasteiger partial charge in [-0.2, -0.15) is 13.2 Å². The second-order valence-corrected chi connectivity index (χ2v) is 8.33. The summed E-state index contributed by atoms with van der Waals surface area (Å²) in [5.41, 5.74) is 2.62. The highest BCUT2D eigenvalue weighted by Gasteiger charge is 2.35. The van der Waals surface area contributed by atoms with Crippen molar-refractivity contribution in [2.75, 3.05) is 16.4 Å². The average Bonchev–Trinajstić information content (AvgIpc) is 2.80. The molecule has 0 aliphatic heterocycles. The summed E-state index contributed by atoms with van der Waals surface area (Å²) in [6.45, 7) is 2.62. The molecule has 0 aliphatic carbocycles. The van der Waals surface area contributed by atoms with Gasteiger partial charge in [-0.1, -0.05) is 32.0 Å². The van der Waals surface area contributed by atoms with Gasteiger partial charge in [0, 0.05) is 5.56 Å². The molecule has 2 aromatic heterocycles. The number of hydrogen-bond acceptors (Lipinski definition) is 5. The number of pyridine rings is 2. The molecule has 0 radical (unpaired) electrons. The third kappa shape index (κ3) is 6.06. The van der Waals surface area contributed by atoms with Crippen LogP contribution < -0.4 is 21.9 Å². The number of benzene rings is 1. The summed E-state index contributed by atoms with van der Waals surface area (Å²) in [4.78, 5) is 41.8. The predicted molar refractivity (Wildman–Crippen MR) is 126 cm³/mol. The second-order valence-electron chi connectivity index (χ2n) is 8.33. The molecule has 2 amide bonds. The van der Waals surface area contributed by atoms with Crippen molar-refractivity contribution in [1.82, 2.24) is 9.55 Å². The fraction of sp³-hybridized carbons (Fsp3) is 0.250. The third-order valence-corrected chi connectivity index (χ3v) is 5.07. The Labute approximate surface area is 203 Å². The molecule has 190 valence electrons. The van der Waals surface area contributed by atoms with E-state index in [1.165, 1.54) is 12.1 Å². The number of alkyl halides is 3. The lowest BCUT2D eigenvalue weighted by molar-refractivity contribution is -0.144. The number of halogens is 4. The molecule has 0 bridgehead atoms. The highest BCUT2D eigenvalue weighted by Crippen LogP contribution is 2.30. The summed E-state index contributed by atoms with van der Waals surface area (Å²) in [6, 6.07) is 9.07. The second kappa shape index (κ2) is 10.6. The summed E-state index contributed by atoms with van der Waals surface area (Å²) in [7, 11) is 0. The average molecular weight is 505 g/mol. The van der Waals surface area contributed by atoms with Gasteiger partial charge in [-0.25, -0.2) is 4.39 Å². The highest BCUT2D eigenvalue weighted by atomic mass is 19.4. The van der Waals surface area contributed by atoms with Crippen LogP contribution in [0.2, 0.25) is 0 Å². The molecular formula is C24H23F4N5O3. The molecule has 0 saturated carbocycles. The molecule has 3 aromatic rings. The van der Waals surface area contributed by atoms with Crippen molar-refractivity contribution in [2.24, 2.45) is 5.92 Å². The van der Waals surface area contributed by atoms with Crippen LogP contribution in [0.15, 0.2) is 53.5 Å². The van der Waals surface area contributed by atoms with E-state index in [4.69, 9.17) is 5.73 Å². The number of nitrogens with zero attached hydrogens (tertiary/aromatic N) is 2. The standard InChI is InChI=1S/C24H23F4N5O3/c1-13(2)10-17-20(29)21(15(25)11-30-17)32-19(34)12-33-18(24(26,27)28)9-8-16(23(33)36)31-22(35)14-6-4-3-5-7-14/h3-9,11,13H,10,12,29H2,1-2H3,(H,31,35)(H,30,32,34). The Balaban J connectivity index is 1.93.